The van der Waals surface area contributed by atoms with Gasteiger partial charge in [0.15, 0.2) is 6.29 Å². The van der Waals surface area contributed by atoms with E-state index in [-0.39, 0.29) is 5.71 Å². The number of nitrogens with two attached hydrogens (primary N) is 1. The molecule has 0 amide bonds. The molecule has 0 saturated carbocycles. The number of carbonyl (C=O) groups excluding carboxylic acids is 1. The smallest absolute Gasteiger partial charge is 0.218 e. The van der Waals surface area contributed by atoms with Crippen LogP contribution in [0.3, 0.4) is 0 Å². The third kappa shape index (κ3) is 7.45. The van der Waals surface area contributed by atoms with Crippen molar-refractivity contribution in [1.82, 2.24) is 14.9 Å². The van der Waals surface area contributed by atoms with Crippen LogP contribution in [0.15, 0.2) is 23.7 Å². The Morgan fingerprint density at radius 3 is 2.55 bits per heavy atom. The summed E-state index contributed by atoms with van der Waals surface area (Å²) in [7, 11) is 2.15. The number of aromatic nitrogens is 2. The molecule has 3 rings (SSSR count). The Bertz CT molecular complexity index is 711. The molecule has 8 nitrogen and oxygen atoms in total. The van der Waals surface area contributed by atoms with Gasteiger partial charge in [-0.3, -0.25) is 10.2 Å². The van der Waals surface area contributed by atoms with Crippen molar-refractivity contribution in [3.05, 3.63) is 23.7 Å². The number of allylic oxidation sites excluding steroid dienone is 2. The summed E-state index contributed by atoms with van der Waals surface area (Å²) in [5.41, 5.74) is 7.18. The highest BCUT2D eigenvalue weighted by Crippen LogP contribution is 2.21. The van der Waals surface area contributed by atoms with E-state index >= 15 is 0 Å². The Balaban J connectivity index is 0.000000234. The van der Waals surface area contributed by atoms with Gasteiger partial charge in [0.05, 0.1) is 12.3 Å². The molecule has 1 aliphatic heterocycles. The lowest BCUT2D eigenvalue weighted by molar-refractivity contribution is -0.102. The molecule has 0 bridgehead atoms. The number of hydrogen-bond acceptors (Lipinski definition) is 8. The zero-order chi connectivity index (χ0) is 21.2. The fourth-order valence-corrected chi connectivity index (χ4v) is 3.18. The Morgan fingerprint density at radius 1 is 1.24 bits per heavy atom. The van der Waals surface area contributed by atoms with E-state index < -0.39 is 0 Å². The van der Waals surface area contributed by atoms with Crippen molar-refractivity contribution in [2.24, 2.45) is 11.7 Å². The van der Waals surface area contributed by atoms with Crippen LogP contribution >= 0.6 is 0 Å². The molecule has 0 unspecified atom stereocenters. The predicted octanol–water partition coefficient (Wildman–Crippen LogP) is 2.26. The highest BCUT2D eigenvalue weighted by atomic mass is 16.5. The molecule has 29 heavy (non-hydrogen) atoms. The van der Waals surface area contributed by atoms with Crippen LogP contribution in [0.5, 0.6) is 5.88 Å². The first-order valence-electron chi connectivity index (χ1n) is 10.3. The third-order valence-corrected chi connectivity index (χ3v) is 4.97. The zero-order valence-corrected chi connectivity index (χ0v) is 17.9. The molecular formula is C21H34N6O2. The average molecular weight is 403 g/mol. The van der Waals surface area contributed by atoms with Gasteiger partial charge in [-0.05, 0) is 44.2 Å². The number of nitrogens with one attached hydrogen (secondary N) is 1. The number of rotatable bonds is 6. The standard InChI is InChI=1S/C13H22N4O.C8H12N2O/c1-11(2)9-18-13-8-12(14-10-15-13)17-6-4-16(3)5-7-17;9-7-4-2-1-3-6(7)8(10)5-11/h8,10-11H,4-7,9H2,1-3H3;5,10H,1-4,9H2. The van der Waals surface area contributed by atoms with Gasteiger partial charge < -0.3 is 20.3 Å². The van der Waals surface area contributed by atoms with E-state index in [1.165, 1.54) is 0 Å². The second-order valence-electron chi connectivity index (χ2n) is 7.95. The molecule has 1 aliphatic carbocycles. The summed E-state index contributed by atoms with van der Waals surface area (Å²) in [6.45, 7) is 9.12. The van der Waals surface area contributed by atoms with Crippen LogP contribution in [-0.2, 0) is 4.79 Å². The van der Waals surface area contributed by atoms with Crippen LogP contribution in [0.25, 0.3) is 0 Å². The number of carbonyl (C=O) groups is 1. The van der Waals surface area contributed by atoms with Gasteiger partial charge in [0.1, 0.15) is 12.1 Å². The second-order valence-corrected chi connectivity index (χ2v) is 7.95. The van der Waals surface area contributed by atoms with Crippen molar-refractivity contribution in [3.8, 4) is 5.88 Å². The van der Waals surface area contributed by atoms with Gasteiger partial charge in [-0.15, -0.1) is 0 Å². The lowest BCUT2D eigenvalue weighted by Gasteiger charge is -2.33. The summed E-state index contributed by atoms with van der Waals surface area (Å²) in [4.78, 5) is 23.3. The normalized spacial score (nSPS) is 17.6. The number of piperazine rings is 1. The minimum atomic E-state index is 0.0576. The van der Waals surface area contributed by atoms with Gasteiger partial charge in [-0.25, -0.2) is 9.97 Å². The highest BCUT2D eigenvalue weighted by molar-refractivity contribution is 6.34. The minimum absolute atomic E-state index is 0.0576. The van der Waals surface area contributed by atoms with E-state index in [1.807, 2.05) is 6.07 Å². The van der Waals surface area contributed by atoms with Gasteiger partial charge in [0.25, 0.3) is 0 Å². The maximum absolute atomic E-state index is 10.2. The SMILES string of the molecule is CC(C)COc1cc(N2CCN(C)CC2)ncn1.N=C(C=O)C1=C(N)CCCC1. The van der Waals surface area contributed by atoms with Crippen molar-refractivity contribution in [2.75, 3.05) is 44.7 Å². The van der Waals surface area contributed by atoms with Crippen molar-refractivity contribution in [2.45, 2.75) is 39.5 Å². The second kappa shape index (κ2) is 11.5. The minimum Gasteiger partial charge on any atom is -0.477 e. The van der Waals surface area contributed by atoms with E-state index in [4.69, 9.17) is 15.9 Å². The lowest BCUT2D eigenvalue weighted by Crippen LogP contribution is -2.44. The maximum Gasteiger partial charge on any atom is 0.218 e. The highest BCUT2D eigenvalue weighted by Gasteiger charge is 2.16. The Morgan fingerprint density at radius 2 is 1.93 bits per heavy atom. The Kier molecular flexibility index (Phi) is 9.05. The van der Waals surface area contributed by atoms with Gasteiger partial charge >= 0.3 is 0 Å². The number of likely N-dealkylation sites (N-methyl/N-ethyl adjacent to an activating group) is 1. The van der Waals surface area contributed by atoms with Crippen LogP contribution in [0, 0.1) is 11.3 Å². The van der Waals surface area contributed by atoms with Gasteiger partial charge in [-0.2, -0.15) is 0 Å². The Hall–Kier alpha value is -2.48. The van der Waals surface area contributed by atoms with E-state index in [1.54, 1.807) is 6.33 Å². The monoisotopic (exact) mass is 402 g/mol. The quantitative estimate of drug-likeness (QED) is 0.555. The molecule has 0 spiro atoms. The molecule has 1 aromatic heterocycles. The van der Waals surface area contributed by atoms with Crippen LogP contribution in [0.2, 0.25) is 0 Å². The summed E-state index contributed by atoms with van der Waals surface area (Å²) in [6, 6.07) is 1.94. The number of nitrogens with zero attached hydrogens (tertiary/aromatic N) is 4. The first-order chi connectivity index (χ1) is 13.9. The molecule has 8 heteroatoms. The first kappa shape index (κ1) is 22.8. The number of hydrogen-bond donors (Lipinski definition) is 2. The molecule has 0 aromatic carbocycles. The summed E-state index contributed by atoms with van der Waals surface area (Å²) in [5, 5.41) is 7.26. The van der Waals surface area contributed by atoms with Crippen LogP contribution in [-0.4, -0.2) is 66.7 Å². The summed E-state index contributed by atoms with van der Waals surface area (Å²) >= 11 is 0. The maximum atomic E-state index is 10.2. The summed E-state index contributed by atoms with van der Waals surface area (Å²) < 4.78 is 5.63. The molecule has 0 radical (unpaired) electrons. The molecule has 1 aromatic rings. The first-order valence-corrected chi connectivity index (χ1v) is 10.3. The molecule has 1 fully saturated rings. The van der Waals surface area contributed by atoms with Crippen LogP contribution in [0.1, 0.15) is 39.5 Å². The van der Waals surface area contributed by atoms with Crippen molar-refractivity contribution in [1.29, 1.82) is 5.41 Å². The molecular weight excluding hydrogens is 368 g/mol. The molecule has 0 atom stereocenters. The van der Waals surface area contributed by atoms with Crippen molar-refractivity contribution >= 4 is 17.8 Å². The van der Waals surface area contributed by atoms with Crippen LogP contribution < -0.4 is 15.4 Å². The lowest BCUT2D eigenvalue weighted by atomic mass is 9.94. The van der Waals surface area contributed by atoms with Gasteiger partial charge in [0, 0.05) is 37.9 Å². The van der Waals surface area contributed by atoms with E-state index in [9.17, 15) is 4.79 Å². The van der Waals surface area contributed by atoms with Gasteiger partial charge in [0.2, 0.25) is 5.88 Å². The molecule has 2 aliphatic rings. The molecule has 2 heterocycles. The van der Waals surface area contributed by atoms with Crippen molar-refractivity contribution in [3.63, 3.8) is 0 Å². The van der Waals surface area contributed by atoms with Gasteiger partial charge in [-0.1, -0.05) is 13.8 Å². The topological polar surface area (TPSA) is 108 Å². The number of aldehydes is 1. The van der Waals surface area contributed by atoms with E-state index in [0.29, 0.717) is 24.7 Å². The molecule has 3 N–H and O–H groups in total. The fourth-order valence-electron chi connectivity index (χ4n) is 3.18. The number of anilines is 1. The summed E-state index contributed by atoms with van der Waals surface area (Å²) in [5.74, 6) is 2.15. The predicted molar refractivity (Wildman–Crippen MR) is 116 cm³/mol. The zero-order valence-electron chi connectivity index (χ0n) is 17.9. The molecule has 160 valence electrons. The molecule has 1 saturated heterocycles. The third-order valence-electron chi connectivity index (χ3n) is 4.97. The number of ether oxygens (including phenoxy) is 1. The van der Waals surface area contributed by atoms with Crippen LogP contribution in [0.4, 0.5) is 5.82 Å². The van der Waals surface area contributed by atoms with Crippen molar-refractivity contribution < 1.29 is 9.53 Å². The van der Waals surface area contributed by atoms with E-state index in [0.717, 1.165) is 69.0 Å². The average Bonchev–Trinajstić information content (AvgIpc) is 2.73. The largest absolute Gasteiger partial charge is 0.477 e. The fraction of sp³-hybridized carbons (Fsp3) is 0.619. The Labute approximate surface area is 173 Å². The summed E-state index contributed by atoms with van der Waals surface area (Å²) in [6.07, 6.45) is 5.92. The van der Waals surface area contributed by atoms with E-state index in [2.05, 4.69) is 40.7 Å².